The molecular weight excluding hydrogens is 1460 g/mol. The molecule has 5 rings (SSSR count). The lowest BCUT2D eigenvalue weighted by molar-refractivity contribution is -0.140. The SMILES string of the molecule is C.CC(=O)C[C@@H](Cc1ccc(F)c(F)c1)C(=O)N[C@]1(C)CCCCCC/C=C/CCC[C@@](C)(C(=O)NC(C)C(=O)N[C@@H](C)C(=O)NC(C)C(=O)N[C@@H](C)C(=O)C(=O)[C@H](C)NC[C@H](C)C(N)=O)NC(=O)[C@H](CC(C)C)CCC(=O)[C@H](Cc2c[nH]c3ccccc23)NC(=O)C(Cc2ccc(O)cc2)NC(=O)[C@H](CCC(=O)O)NC1=O. The Hall–Kier alpha value is -10.6. The van der Waals surface area contributed by atoms with Gasteiger partial charge < -0.3 is 78.9 Å². The van der Waals surface area contributed by atoms with Crippen LogP contribution in [0.5, 0.6) is 5.75 Å². The molecule has 4 aromatic rings. The van der Waals surface area contributed by atoms with Crippen LogP contribution in [0.25, 0.3) is 10.9 Å². The number of carbonyl (C=O) groups is 15. The Balaban J connectivity index is 0.0000269. The number of ketones is 4. The van der Waals surface area contributed by atoms with Crippen molar-refractivity contribution in [2.45, 2.75) is 259 Å². The number of primary amides is 1. The molecule has 2 heterocycles. The number of aromatic amines is 1. The summed E-state index contributed by atoms with van der Waals surface area (Å²) in [5.74, 6) is -17.8. The zero-order chi connectivity index (χ0) is 83.3. The number of fused-ring (bicyclic) bond motifs is 1. The molecule has 0 saturated heterocycles. The Bertz CT molecular complexity index is 4050. The molecular formula is C82H116F2N12O17. The van der Waals surface area contributed by atoms with E-state index in [-0.39, 0.29) is 95.4 Å². The zero-order valence-corrected chi connectivity index (χ0v) is 65.8. The summed E-state index contributed by atoms with van der Waals surface area (Å²) in [5, 5.41) is 47.7. The van der Waals surface area contributed by atoms with E-state index in [1.165, 1.54) is 92.6 Å². The van der Waals surface area contributed by atoms with Gasteiger partial charge in [-0.15, -0.1) is 0 Å². The third-order valence-electron chi connectivity index (χ3n) is 20.0. The summed E-state index contributed by atoms with van der Waals surface area (Å²) in [6, 6.07) is 4.94. The Morgan fingerprint density at radius 2 is 1.20 bits per heavy atom. The molecule has 3 unspecified atom stereocenters. The van der Waals surface area contributed by atoms with Gasteiger partial charge in [0.1, 0.15) is 52.8 Å². The fourth-order valence-electron chi connectivity index (χ4n) is 12.9. The van der Waals surface area contributed by atoms with Crippen LogP contribution in [0.4, 0.5) is 8.78 Å². The first kappa shape index (κ1) is 94.8. The Kier molecular flexibility index (Phi) is 37.9. The number of halogens is 2. The number of aromatic hydroxyl groups is 1. The molecule has 0 spiro atoms. The Morgan fingerprint density at radius 1 is 0.628 bits per heavy atom. The first-order chi connectivity index (χ1) is 52.7. The number of nitrogens with one attached hydrogen (secondary N) is 11. The standard InChI is InChI=1S/C81H112F2N12O17.CH4/c1-45(2)37-55-28-33-66(98)64(42-57-44-86-62-24-20-19-23-59(57)62)91-77(110)65(41-53-25-29-58(97)30-26-53)92-76(109)63(32-34-67(99)100)93-79(112)81(11,95-75(108)56(38-47(4)96)39-54-27-31-60(82)61(83)40-54)36-22-18-16-14-12-13-15-17-21-35-80(10,94-74(55)107)78(111)90-52(9)73(106)89-51(8)72(105)88-50(7)71(104)87-49(6)69(102)68(101)48(5)85-43-46(3)70(84)103;/h13,15,19-20,23-27,29-31,40,44-46,48-52,55-56,63-65,85-86,97H,12,14,16-18,21-22,28,32-39,41-43H2,1-11H3,(H2,84,103)(H,87,104)(H,88,105)(H,89,106)(H,90,111)(H,91,110)(H,92,109)(H,93,112)(H,94,107)(H,95,108)(H,99,100);1H4/b15-13+;/t46-,48-,49-,50?,51-,52?,55-,56-,63-,64-,65?,80-,81+;/m0./s1. The molecule has 0 radical (unpaired) electrons. The minimum atomic E-state index is -1.89. The van der Waals surface area contributed by atoms with E-state index in [4.69, 9.17) is 5.73 Å². The number of phenolic OH excluding ortho intramolecular Hbond substituents is 1. The summed E-state index contributed by atoms with van der Waals surface area (Å²) >= 11 is 0. The molecule has 113 heavy (non-hydrogen) atoms. The van der Waals surface area contributed by atoms with Gasteiger partial charge in [0.2, 0.25) is 70.6 Å². The number of carboxylic acids is 1. The number of H-pyrrole nitrogens is 1. The average molecular weight is 1580 g/mol. The molecule has 1 aromatic heterocycles. The molecule has 0 fully saturated rings. The number of Topliss-reactive ketones (excluding diaryl/α,β-unsaturated/α-hetero) is 4. The van der Waals surface area contributed by atoms with E-state index in [2.05, 4.69) is 58.2 Å². The number of carboxylic acid groups (broad SMARTS) is 1. The summed E-state index contributed by atoms with van der Waals surface area (Å²) in [5.41, 5.74) is 3.53. The van der Waals surface area contributed by atoms with Gasteiger partial charge in [-0.2, -0.15) is 0 Å². The summed E-state index contributed by atoms with van der Waals surface area (Å²) in [4.78, 5) is 210. The molecule has 15 N–H and O–H groups in total. The van der Waals surface area contributed by atoms with Gasteiger partial charge in [-0.25, -0.2) is 8.78 Å². The van der Waals surface area contributed by atoms with Gasteiger partial charge in [-0.05, 0) is 173 Å². The smallest absolute Gasteiger partial charge is 0.303 e. The molecule has 1 aliphatic heterocycles. The highest BCUT2D eigenvalue weighted by atomic mass is 19.2. The second kappa shape index (κ2) is 45.2. The fourth-order valence-corrected chi connectivity index (χ4v) is 12.9. The topological polar surface area (TPSA) is 459 Å². The highest BCUT2D eigenvalue weighted by Gasteiger charge is 2.42. The molecule has 29 nitrogen and oxygen atoms in total. The Morgan fingerprint density at radius 3 is 1.81 bits per heavy atom. The van der Waals surface area contributed by atoms with Crippen LogP contribution in [0.1, 0.15) is 197 Å². The van der Waals surface area contributed by atoms with Crippen LogP contribution >= 0.6 is 0 Å². The van der Waals surface area contributed by atoms with Crippen molar-refractivity contribution < 1.29 is 90.9 Å². The number of rotatable bonds is 30. The van der Waals surface area contributed by atoms with Crippen LogP contribution in [-0.2, 0) is 91.2 Å². The molecule has 13 atom stereocenters. The maximum atomic E-state index is 15.2. The summed E-state index contributed by atoms with van der Waals surface area (Å²) in [6.45, 7) is 16.1. The number of benzene rings is 3. The van der Waals surface area contributed by atoms with E-state index in [0.29, 0.717) is 60.6 Å². The average Bonchev–Trinajstić information content (AvgIpc) is 1.79. The third kappa shape index (κ3) is 30.5. The minimum Gasteiger partial charge on any atom is -0.508 e. The quantitative estimate of drug-likeness (QED) is 0.0216. The molecule has 31 heteroatoms. The lowest BCUT2D eigenvalue weighted by Gasteiger charge is -2.33. The maximum absolute atomic E-state index is 15.2. The summed E-state index contributed by atoms with van der Waals surface area (Å²) in [6.07, 6.45) is 6.26. The number of carbonyl (C=O) groups excluding carboxylic acids is 14. The van der Waals surface area contributed by atoms with Gasteiger partial charge in [-0.3, -0.25) is 67.1 Å². The molecule has 0 bridgehead atoms. The van der Waals surface area contributed by atoms with Crippen molar-refractivity contribution in [3.05, 3.63) is 113 Å². The molecule has 1 aliphatic rings. The van der Waals surface area contributed by atoms with Crippen molar-refractivity contribution in [1.82, 2.24) is 58.2 Å². The molecule has 0 saturated carbocycles. The van der Waals surface area contributed by atoms with E-state index in [1.54, 1.807) is 18.3 Å². The van der Waals surface area contributed by atoms with Gasteiger partial charge in [-0.1, -0.05) is 96.0 Å². The number of hydrogen-bond acceptors (Lipinski definition) is 17. The number of aromatic nitrogens is 1. The van der Waals surface area contributed by atoms with Crippen molar-refractivity contribution in [3.63, 3.8) is 0 Å². The predicted octanol–water partition coefficient (Wildman–Crippen LogP) is 5.83. The fraction of sp³-hybridized carbons (Fsp3) is 0.549. The number of para-hydroxylation sites is 1. The van der Waals surface area contributed by atoms with E-state index < -0.39 is 190 Å². The van der Waals surface area contributed by atoms with E-state index in [1.807, 2.05) is 38.1 Å². The van der Waals surface area contributed by atoms with E-state index in [0.717, 1.165) is 12.1 Å². The number of aliphatic carboxylic acids is 1. The lowest BCUT2D eigenvalue weighted by Crippen LogP contribution is -2.62. The van der Waals surface area contributed by atoms with Gasteiger partial charge in [0.05, 0.1) is 18.1 Å². The third-order valence-corrected chi connectivity index (χ3v) is 20.0. The second-order valence-electron chi connectivity index (χ2n) is 30.4. The summed E-state index contributed by atoms with van der Waals surface area (Å²) in [7, 11) is 0. The number of hydrogen-bond donors (Lipinski definition) is 14. The van der Waals surface area contributed by atoms with E-state index >= 15 is 14.4 Å². The van der Waals surface area contributed by atoms with Crippen molar-refractivity contribution >= 4 is 99.1 Å². The van der Waals surface area contributed by atoms with Gasteiger partial charge in [0.15, 0.2) is 17.4 Å². The minimum absolute atomic E-state index is 0. The largest absolute Gasteiger partial charge is 0.508 e. The van der Waals surface area contributed by atoms with Crippen LogP contribution in [0, 0.1) is 35.3 Å². The number of nitrogens with two attached hydrogens (primary N) is 1. The van der Waals surface area contributed by atoms with Crippen LogP contribution < -0.4 is 58.9 Å². The highest BCUT2D eigenvalue weighted by molar-refractivity contribution is 6.41. The molecule has 620 valence electrons. The van der Waals surface area contributed by atoms with Crippen molar-refractivity contribution in [1.29, 1.82) is 0 Å². The molecule has 0 aliphatic carbocycles. The number of allylic oxidation sites excluding steroid dienone is 2. The van der Waals surface area contributed by atoms with E-state index in [9.17, 15) is 76.5 Å². The van der Waals surface area contributed by atoms with Gasteiger partial charge in [0, 0.05) is 73.5 Å². The van der Waals surface area contributed by atoms with Gasteiger partial charge >= 0.3 is 5.97 Å². The van der Waals surface area contributed by atoms with Crippen LogP contribution in [0.3, 0.4) is 0 Å². The Labute approximate surface area is 659 Å². The maximum Gasteiger partial charge on any atom is 0.303 e. The highest BCUT2D eigenvalue weighted by Crippen LogP contribution is 2.27. The lowest BCUT2D eigenvalue weighted by atomic mass is 9.87. The molecule has 3 aromatic carbocycles. The van der Waals surface area contributed by atoms with Gasteiger partial charge in [0.25, 0.3) is 0 Å². The van der Waals surface area contributed by atoms with Crippen LogP contribution in [0.2, 0.25) is 0 Å². The second-order valence-corrected chi connectivity index (χ2v) is 30.4. The number of phenols is 1. The van der Waals surface area contributed by atoms with Crippen molar-refractivity contribution in [2.24, 2.45) is 29.4 Å². The normalized spacial score (nSPS) is 21.6. The van der Waals surface area contributed by atoms with Crippen molar-refractivity contribution in [2.75, 3.05) is 6.54 Å². The molecule has 10 amide bonds. The van der Waals surface area contributed by atoms with Crippen molar-refractivity contribution in [3.8, 4) is 5.75 Å². The predicted molar refractivity (Wildman–Crippen MR) is 419 cm³/mol. The number of amides is 10. The first-order valence-electron chi connectivity index (χ1n) is 38.2. The summed E-state index contributed by atoms with van der Waals surface area (Å²) < 4.78 is 28.6. The monoisotopic (exact) mass is 1580 g/mol. The first-order valence-corrected chi connectivity index (χ1v) is 38.2. The van der Waals surface area contributed by atoms with Crippen LogP contribution in [0.15, 0.2) is 85.1 Å². The zero-order valence-electron chi connectivity index (χ0n) is 65.8. The van der Waals surface area contributed by atoms with Crippen LogP contribution in [-0.4, -0.2) is 169 Å².